The van der Waals surface area contributed by atoms with Gasteiger partial charge in [0, 0.05) is 16.9 Å². The van der Waals surface area contributed by atoms with Gasteiger partial charge in [-0.2, -0.15) is 13.2 Å². The number of nitrogens with one attached hydrogen (secondary N) is 1. The largest absolute Gasteiger partial charge is 0.416 e. The lowest BCUT2D eigenvalue weighted by Crippen LogP contribution is -2.14. The van der Waals surface area contributed by atoms with Gasteiger partial charge >= 0.3 is 6.18 Å². The second kappa shape index (κ2) is 5.91. The quantitative estimate of drug-likeness (QED) is 0.811. The maximum atomic E-state index is 12.7. The van der Waals surface area contributed by atoms with Crippen molar-refractivity contribution >= 4 is 34.8 Å². The van der Waals surface area contributed by atoms with Crippen molar-refractivity contribution in [3.8, 4) is 0 Å². The third-order valence-corrected chi connectivity index (χ3v) is 3.01. The monoisotopic (exact) mass is 334 g/mol. The number of benzene rings is 1. The lowest BCUT2D eigenvalue weighted by molar-refractivity contribution is -0.137. The maximum Gasteiger partial charge on any atom is 0.416 e. The van der Waals surface area contributed by atoms with Crippen LogP contribution in [0.1, 0.15) is 15.9 Å². The van der Waals surface area contributed by atoms with E-state index < -0.39 is 17.6 Å². The molecule has 0 fully saturated rings. The van der Waals surface area contributed by atoms with Crippen molar-refractivity contribution in [2.75, 3.05) is 5.32 Å². The van der Waals surface area contributed by atoms with E-state index in [1.54, 1.807) is 0 Å². The van der Waals surface area contributed by atoms with Crippen LogP contribution < -0.4 is 5.32 Å². The molecule has 2 rings (SSSR count). The van der Waals surface area contributed by atoms with E-state index in [2.05, 4.69) is 10.3 Å². The minimum absolute atomic E-state index is 0.0481. The van der Waals surface area contributed by atoms with Gasteiger partial charge in [0.1, 0.15) is 5.15 Å². The van der Waals surface area contributed by atoms with E-state index in [-0.39, 0.29) is 21.4 Å². The molecule has 0 radical (unpaired) electrons. The lowest BCUT2D eigenvalue weighted by atomic mass is 10.2. The van der Waals surface area contributed by atoms with Crippen LogP contribution in [0.2, 0.25) is 10.2 Å². The Bertz CT molecular complexity index is 689. The molecule has 0 saturated heterocycles. The molecule has 1 aromatic heterocycles. The molecule has 1 heterocycles. The summed E-state index contributed by atoms with van der Waals surface area (Å²) in [5.41, 5.74) is -0.991. The number of anilines is 1. The first-order valence-corrected chi connectivity index (χ1v) is 6.32. The van der Waals surface area contributed by atoms with Crippen LogP contribution in [0.4, 0.5) is 18.9 Å². The van der Waals surface area contributed by atoms with Crippen LogP contribution in [-0.4, -0.2) is 10.9 Å². The number of rotatable bonds is 2. The molecule has 0 atom stereocenters. The highest BCUT2D eigenvalue weighted by atomic mass is 35.5. The summed E-state index contributed by atoms with van der Waals surface area (Å²) >= 11 is 11.4. The Morgan fingerprint density at radius 2 is 1.90 bits per heavy atom. The number of hydrogen-bond donors (Lipinski definition) is 1. The summed E-state index contributed by atoms with van der Waals surface area (Å²) in [6.45, 7) is 0. The summed E-state index contributed by atoms with van der Waals surface area (Å²) in [5.74, 6) is -0.677. The van der Waals surface area contributed by atoms with Gasteiger partial charge in [0.25, 0.3) is 5.91 Å². The molecule has 0 unspecified atom stereocenters. The fourth-order valence-electron chi connectivity index (χ4n) is 1.58. The number of amides is 1. The molecule has 21 heavy (non-hydrogen) atoms. The van der Waals surface area contributed by atoms with Gasteiger partial charge in [-0.25, -0.2) is 4.98 Å². The van der Waals surface area contributed by atoms with E-state index >= 15 is 0 Å². The molecule has 0 saturated carbocycles. The number of hydrogen-bond acceptors (Lipinski definition) is 2. The number of carbonyl (C=O) groups excluding carboxylic acids is 1. The van der Waals surface area contributed by atoms with E-state index in [4.69, 9.17) is 23.2 Å². The molecule has 1 N–H and O–H groups in total. The van der Waals surface area contributed by atoms with Gasteiger partial charge in [-0.05, 0) is 30.3 Å². The Morgan fingerprint density at radius 3 is 2.52 bits per heavy atom. The molecular weight excluding hydrogens is 328 g/mol. The average molecular weight is 335 g/mol. The molecule has 1 amide bonds. The van der Waals surface area contributed by atoms with Gasteiger partial charge in [0.2, 0.25) is 0 Å². The highest BCUT2D eigenvalue weighted by Crippen LogP contribution is 2.33. The number of carbonyl (C=O) groups is 1. The van der Waals surface area contributed by atoms with Gasteiger partial charge in [-0.15, -0.1) is 0 Å². The number of pyridine rings is 1. The van der Waals surface area contributed by atoms with Gasteiger partial charge in [0.15, 0.2) is 0 Å². The molecule has 2 aromatic rings. The fraction of sp³-hybridized carbons (Fsp3) is 0.0769. The van der Waals surface area contributed by atoms with Crippen LogP contribution in [0.25, 0.3) is 0 Å². The molecule has 1 aromatic carbocycles. The summed E-state index contributed by atoms with van der Waals surface area (Å²) < 4.78 is 38.0. The van der Waals surface area contributed by atoms with Gasteiger partial charge in [0.05, 0.1) is 11.1 Å². The first-order chi connectivity index (χ1) is 9.77. The second-order valence-corrected chi connectivity index (χ2v) is 4.82. The van der Waals surface area contributed by atoms with Crippen LogP contribution >= 0.6 is 23.2 Å². The zero-order valence-corrected chi connectivity index (χ0v) is 11.7. The Labute approximate surface area is 127 Å². The van der Waals surface area contributed by atoms with Crippen molar-refractivity contribution < 1.29 is 18.0 Å². The Hall–Kier alpha value is -1.79. The highest BCUT2D eigenvalue weighted by Gasteiger charge is 2.31. The van der Waals surface area contributed by atoms with Gasteiger partial charge in [-0.3, -0.25) is 4.79 Å². The van der Waals surface area contributed by atoms with E-state index in [1.165, 1.54) is 24.4 Å². The molecule has 0 aliphatic rings. The highest BCUT2D eigenvalue weighted by molar-refractivity contribution is 6.33. The molecule has 0 bridgehead atoms. The smallest absolute Gasteiger partial charge is 0.322 e. The summed E-state index contributed by atoms with van der Waals surface area (Å²) in [6.07, 6.45) is -3.17. The normalized spacial score (nSPS) is 11.3. The van der Waals surface area contributed by atoms with Gasteiger partial charge < -0.3 is 5.32 Å². The predicted octanol–water partition coefficient (Wildman–Crippen LogP) is 4.66. The number of aromatic nitrogens is 1. The fourth-order valence-corrected chi connectivity index (χ4v) is 2.02. The molecule has 0 aliphatic heterocycles. The standard InChI is InChI=1S/C13H7Cl2F3N2O/c14-8-4-7(13(16,17)18)5-9(6-8)20-12(21)10-2-1-3-19-11(10)15/h1-6H,(H,20,21). The number of nitrogens with zero attached hydrogens (tertiary/aromatic N) is 1. The average Bonchev–Trinajstić information content (AvgIpc) is 2.37. The zero-order valence-electron chi connectivity index (χ0n) is 10.2. The summed E-state index contributed by atoms with van der Waals surface area (Å²) in [4.78, 5) is 15.7. The Kier molecular flexibility index (Phi) is 4.39. The van der Waals surface area contributed by atoms with Gasteiger partial charge in [-0.1, -0.05) is 23.2 Å². The molecular formula is C13H7Cl2F3N2O. The summed E-state index contributed by atoms with van der Waals surface area (Å²) in [6, 6.07) is 5.65. The molecule has 0 aliphatic carbocycles. The topological polar surface area (TPSA) is 42.0 Å². The first-order valence-electron chi connectivity index (χ1n) is 5.57. The molecule has 8 heteroatoms. The van der Waals surface area contributed by atoms with Crippen molar-refractivity contribution in [2.45, 2.75) is 6.18 Å². The number of halogens is 5. The third kappa shape index (κ3) is 3.86. The third-order valence-electron chi connectivity index (χ3n) is 2.49. The molecule has 110 valence electrons. The van der Waals surface area contributed by atoms with Crippen LogP contribution in [0.5, 0.6) is 0 Å². The van der Waals surface area contributed by atoms with Crippen molar-refractivity contribution in [3.05, 3.63) is 57.8 Å². The van der Waals surface area contributed by atoms with E-state index in [9.17, 15) is 18.0 Å². The van der Waals surface area contributed by atoms with Crippen LogP contribution in [0.15, 0.2) is 36.5 Å². The maximum absolute atomic E-state index is 12.7. The van der Waals surface area contributed by atoms with Crippen molar-refractivity contribution in [2.24, 2.45) is 0 Å². The van der Waals surface area contributed by atoms with E-state index in [1.807, 2.05) is 0 Å². The predicted molar refractivity (Wildman–Crippen MR) is 73.7 cm³/mol. The minimum Gasteiger partial charge on any atom is -0.322 e. The second-order valence-electron chi connectivity index (χ2n) is 4.02. The SMILES string of the molecule is O=C(Nc1cc(Cl)cc(C(F)(F)F)c1)c1cccnc1Cl. The lowest BCUT2D eigenvalue weighted by Gasteiger charge is -2.11. The van der Waals surface area contributed by atoms with Crippen LogP contribution in [0.3, 0.4) is 0 Å². The first kappa shape index (κ1) is 15.6. The van der Waals surface area contributed by atoms with Crippen molar-refractivity contribution in [3.63, 3.8) is 0 Å². The Balaban J connectivity index is 2.30. The Morgan fingerprint density at radius 1 is 1.19 bits per heavy atom. The summed E-state index contributed by atoms with van der Waals surface area (Å²) in [7, 11) is 0. The van der Waals surface area contributed by atoms with Crippen LogP contribution in [0, 0.1) is 0 Å². The zero-order chi connectivity index (χ0) is 15.6. The molecule has 3 nitrogen and oxygen atoms in total. The van der Waals surface area contributed by atoms with E-state index in [0.29, 0.717) is 0 Å². The van der Waals surface area contributed by atoms with E-state index in [0.717, 1.165) is 12.1 Å². The van der Waals surface area contributed by atoms with Crippen LogP contribution in [-0.2, 0) is 6.18 Å². The number of alkyl halides is 3. The van der Waals surface area contributed by atoms with Crippen molar-refractivity contribution in [1.82, 2.24) is 4.98 Å². The van der Waals surface area contributed by atoms with Crippen molar-refractivity contribution in [1.29, 1.82) is 0 Å². The molecule has 0 spiro atoms. The minimum atomic E-state index is -4.56. The summed E-state index contributed by atoms with van der Waals surface area (Å²) in [5, 5.41) is 2.12.